The quantitative estimate of drug-likeness (QED) is 0.940. The summed E-state index contributed by atoms with van der Waals surface area (Å²) >= 11 is 11.8. The smallest absolute Gasteiger partial charge is 0.228 e. The summed E-state index contributed by atoms with van der Waals surface area (Å²) in [6.45, 7) is 0. The zero-order chi connectivity index (χ0) is 13.4. The summed E-state index contributed by atoms with van der Waals surface area (Å²) in [5.74, 6) is 1.69. The van der Waals surface area contributed by atoms with Crippen LogP contribution in [0.5, 0.6) is 0 Å². The molecule has 19 heavy (non-hydrogen) atoms. The summed E-state index contributed by atoms with van der Waals surface area (Å²) in [6, 6.07) is 5.36. The van der Waals surface area contributed by atoms with Crippen molar-refractivity contribution < 1.29 is 4.52 Å². The standard InChI is InChI=1S/C13H13Cl2N3O/c14-9-4-3-8(5-10(9)15)13-17-12(19-18-13)6-11(16)7-1-2-7/h3-5,7,11H,1-2,6,16H2. The lowest BCUT2D eigenvalue weighted by molar-refractivity contribution is 0.364. The summed E-state index contributed by atoms with van der Waals surface area (Å²) in [7, 11) is 0. The molecule has 1 aliphatic carbocycles. The Hall–Kier alpha value is -1.10. The number of benzene rings is 1. The van der Waals surface area contributed by atoms with E-state index in [9.17, 15) is 0 Å². The fourth-order valence-corrected chi connectivity index (χ4v) is 2.28. The van der Waals surface area contributed by atoms with E-state index in [1.54, 1.807) is 12.1 Å². The Labute approximate surface area is 120 Å². The van der Waals surface area contributed by atoms with Crippen LogP contribution in [0.25, 0.3) is 11.4 Å². The Morgan fingerprint density at radius 2 is 2.11 bits per heavy atom. The van der Waals surface area contributed by atoms with Gasteiger partial charge in [0.1, 0.15) is 0 Å². The van der Waals surface area contributed by atoms with E-state index in [4.69, 9.17) is 33.5 Å². The number of nitrogens with zero attached hydrogens (tertiary/aromatic N) is 2. The minimum Gasteiger partial charge on any atom is -0.339 e. The van der Waals surface area contributed by atoms with Crippen LogP contribution in [-0.4, -0.2) is 16.2 Å². The van der Waals surface area contributed by atoms with E-state index in [0.717, 1.165) is 5.56 Å². The van der Waals surface area contributed by atoms with Gasteiger partial charge in [-0.2, -0.15) is 4.98 Å². The van der Waals surface area contributed by atoms with Crippen LogP contribution in [0.15, 0.2) is 22.7 Å². The van der Waals surface area contributed by atoms with Gasteiger partial charge >= 0.3 is 0 Å². The first-order chi connectivity index (χ1) is 9.13. The summed E-state index contributed by atoms with van der Waals surface area (Å²) in [5.41, 5.74) is 6.82. The average Bonchev–Trinajstić information content (AvgIpc) is 3.14. The Bertz CT molecular complexity index is 595. The topological polar surface area (TPSA) is 64.9 Å². The van der Waals surface area contributed by atoms with E-state index >= 15 is 0 Å². The van der Waals surface area contributed by atoms with E-state index in [2.05, 4.69) is 10.1 Å². The molecule has 1 unspecified atom stereocenters. The van der Waals surface area contributed by atoms with Crippen molar-refractivity contribution in [2.45, 2.75) is 25.3 Å². The third-order valence-corrected chi connectivity index (χ3v) is 4.02. The second-order valence-corrected chi connectivity index (χ2v) is 5.66. The van der Waals surface area contributed by atoms with Gasteiger partial charge in [0.05, 0.1) is 10.0 Å². The minimum absolute atomic E-state index is 0.113. The van der Waals surface area contributed by atoms with Crippen LogP contribution in [0.2, 0.25) is 10.0 Å². The molecule has 0 radical (unpaired) electrons. The van der Waals surface area contributed by atoms with Crippen molar-refractivity contribution in [2.24, 2.45) is 11.7 Å². The number of rotatable bonds is 4. The Balaban J connectivity index is 1.77. The Kier molecular flexibility index (Phi) is 3.48. The maximum absolute atomic E-state index is 6.04. The molecule has 1 fully saturated rings. The Morgan fingerprint density at radius 1 is 1.32 bits per heavy atom. The fourth-order valence-electron chi connectivity index (χ4n) is 1.98. The molecule has 3 rings (SSSR count). The molecule has 0 amide bonds. The van der Waals surface area contributed by atoms with Gasteiger partial charge in [-0.25, -0.2) is 0 Å². The summed E-state index contributed by atoms with van der Waals surface area (Å²) < 4.78 is 5.22. The predicted molar refractivity (Wildman–Crippen MR) is 74.2 cm³/mol. The van der Waals surface area contributed by atoms with Crippen LogP contribution in [0, 0.1) is 5.92 Å². The van der Waals surface area contributed by atoms with Crippen LogP contribution in [0.4, 0.5) is 0 Å². The van der Waals surface area contributed by atoms with Gasteiger partial charge in [-0.15, -0.1) is 0 Å². The molecule has 0 spiro atoms. The van der Waals surface area contributed by atoms with Crippen molar-refractivity contribution in [2.75, 3.05) is 0 Å². The van der Waals surface area contributed by atoms with Crippen molar-refractivity contribution in [1.82, 2.24) is 10.1 Å². The van der Waals surface area contributed by atoms with E-state index in [1.807, 2.05) is 6.07 Å². The van der Waals surface area contributed by atoms with E-state index in [0.29, 0.717) is 34.1 Å². The highest BCUT2D eigenvalue weighted by molar-refractivity contribution is 6.42. The summed E-state index contributed by atoms with van der Waals surface area (Å²) in [4.78, 5) is 4.34. The third-order valence-electron chi connectivity index (χ3n) is 3.28. The van der Waals surface area contributed by atoms with E-state index < -0.39 is 0 Å². The van der Waals surface area contributed by atoms with Gasteiger partial charge in [0.25, 0.3) is 0 Å². The summed E-state index contributed by atoms with van der Waals surface area (Å²) in [6.07, 6.45) is 3.03. The molecule has 100 valence electrons. The lowest BCUT2D eigenvalue weighted by atomic mass is 10.1. The molecular formula is C13H13Cl2N3O. The number of nitrogens with two attached hydrogens (primary N) is 1. The predicted octanol–water partition coefficient (Wildman–Crippen LogP) is 3.32. The van der Waals surface area contributed by atoms with E-state index in [1.165, 1.54) is 12.8 Å². The first-order valence-electron chi connectivity index (χ1n) is 6.17. The zero-order valence-corrected chi connectivity index (χ0v) is 11.7. The highest BCUT2D eigenvalue weighted by Crippen LogP contribution is 2.33. The van der Waals surface area contributed by atoms with Crippen molar-refractivity contribution in [3.05, 3.63) is 34.1 Å². The SMILES string of the molecule is NC(Cc1nc(-c2ccc(Cl)c(Cl)c2)no1)C1CC1. The molecule has 2 N–H and O–H groups in total. The molecule has 1 aromatic heterocycles. The second-order valence-electron chi connectivity index (χ2n) is 4.85. The molecule has 1 heterocycles. The summed E-state index contributed by atoms with van der Waals surface area (Å²) in [5, 5.41) is 4.92. The van der Waals surface area contributed by atoms with Crippen molar-refractivity contribution in [1.29, 1.82) is 0 Å². The van der Waals surface area contributed by atoms with Gasteiger partial charge in [0.2, 0.25) is 11.7 Å². The maximum atomic E-state index is 6.04. The molecule has 6 heteroatoms. The molecular weight excluding hydrogens is 285 g/mol. The van der Waals surface area contributed by atoms with Gasteiger partial charge in [0.15, 0.2) is 0 Å². The van der Waals surface area contributed by atoms with Crippen LogP contribution < -0.4 is 5.73 Å². The van der Waals surface area contributed by atoms with Crippen molar-refractivity contribution in [3.8, 4) is 11.4 Å². The van der Waals surface area contributed by atoms with Crippen LogP contribution in [0.3, 0.4) is 0 Å². The molecule has 1 saturated carbocycles. The second kappa shape index (κ2) is 5.12. The number of hydrogen-bond donors (Lipinski definition) is 1. The van der Waals surface area contributed by atoms with Crippen LogP contribution >= 0.6 is 23.2 Å². The number of aromatic nitrogens is 2. The molecule has 1 aliphatic rings. The highest BCUT2D eigenvalue weighted by atomic mass is 35.5. The number of halogens is 2. The largest absolute Gasteiger partial charge is 0.339 e. The molecule has 1 aromatic carbocycles. The molecule has 1 atom stereocenters. The van der Waals surface area contributed by atoms with Crippen molar-refractivity contribution in [3.63, 3.8) is 0 Å². The van der Waals surface area contributed by atoms with Gasteiger partial charge in [0, 0.05) is 18.0 Å². The van der Waals surface area contributed by atoms with Gasteiger partial charge in [-0.3, -0.25) is 0 Å². The normalized spacial score (nSPS) is 16.6. The Morgan fingerprint density at radius 3 is 2.79 bits per heavy atom. The molecule has 0 saturated heterocycles. The third kappa shape index (κ3) is 2.91. The first kappa shape index (κ1) is 12.9. The van der Waals surface area contributed by atoms with Gasteiger partial charge in [-0.1, -0.05) is 28.4 Å². The molecule has 2 aromatic rings. The van der Waals surface area contributed by atoms with Gasteiger partial charge < -0.3 is 10.3 Å². The zero-order valence-electron chi connectivity index (χ0n) is 10.1. The fraction of sp³-hybridized carbons (Fsp3) is 0.385. The minimum atomic E-state index is 0.113. The monoisotopic (exact) mass is 297 g/mol. The highest BCUT2D eigenvalue weighted by Gasteiger charge is 2.29. The molecule has 4 nitrogen and oxygen atoms in total. The number of hydrogen-bond acceptors (Lipinski definition) is 4. The maximum Gasteiger partial charge on any atom is 0.228 e. The molecule has 0 bridgehead atoms. The van der Waals surface area contributed by atoms with Gasteiger partial charge in [-0.05, 0) is 37.0 Å². The van der Waals surface area contributed by atoms with Crippen molar-refractivity contribution >= 4 is 23.2 Å². The van der Waals surface area contributed by atoms with E-state index in [-0.39, 0.29) is 6.04 Å². The van der Waals surface area contributed by atoms with Crippen LogP contribution in [0.1, 0.15) is 18.7 Å². The first-order valence-corrected chi connectivity index (χ1v) is 6.92. The average molecular weight is 298 g/mol. The lowest BCUT2D eigenvalue weighted by Crippen LogP contribution is -2.25. The van der Waals surface area contributed by atoms with Crippen LogP contribution in [-0.2, 0) is 6.42 Å². The lowest BCUT2D eigenvalue weighted by Gasteiger charge is -2.04. The molecule has 0 aliphatic heterocycles.